The first kappa shape index (κ1) is 17.8. The molecular formula is C20H33BN2. The highest BCUT2D eigenvalue weighted by Crippen LogP contribution is 2.19. The van der Waals surface area contributed by atoms with Gasteiger partial charge < -0.3 is 0 Å². The Morgan fingerprint density at radius 2 is 1.70 bits per heavy atom. The molecule has 2 nitrogen and oxygen atoms in total. The summed E-state index contributed by atoms with van der Waals surface area (Å²) in [5.74, 6) is 1.55. The molecule has 0 atom stereocenters. The SMILES string of the molecule is C=C(CN1CCC[N+]2=C1CCC2)c1ccccc1.C[B-](C)(C)C. The number of hydrogen-bond acceptors (Lipinski definition) is 1. The lowest BCUT2D eigenvalue weighted by Crippen LogP contribution is -2.42. The Kier molecular flexibility index (Phi) is 6.09. The summed E-state index contributed by atoms with van der Waals surface area (Å²) in [5.41, 5.74) is 2.50. The highest BCUT2D eigenvalue weighted by atomic mass is 15.3. The molecule has 0 fully saturated rings. The van der Waals surface area contributed by atoms with Crippen LogP contribution in [0.2, 0.25) is 27.3 Å². The fourth-order valence-corrected chi connectivity index (χ4v) is 3.06. The van der Waals surface area contributed by atoms with Crippen molar-refractivity contribution in [2.24, 2.45) is 0 Å². The third-order valence-electron chi connectivity index (χ3n) is 3.98. The standard InChI is InChI=1S/C16H21N2.C4H12B/c1-14(15-7-3-2-4-8-15)13-18-12-6-11-17-10-5-9-16(17)18;1-5(2,3)4/h2-4,7-8H,1,5-6,9-13H2;1-4H3/q+1;-1. The number of nitrogens with zero attached hydrogens (tertiary/aromatic N) is 2. The second kappa shape index (κ2) is 7.85. The molecule has 0 saturated carbocycles. The topological polar surface area (TPSA) is 6.25 Å². The van der Waals surface area contributed by atoms with Crippen LogP contribution in [0.25, 0.3) is 5.57 Å². The van der Waals surface area contributed by atoms with Gasteiger partial charge in [0.2, 0.25) is 5.84 Å². The minimum absolute atomic E-state index is 0. The minimum Gasteiger partial charge on any atom is -0.266 e. The lowest BCUT2D eigenvalue weighted by Gasteiger charge is -2.24. The Morgan fingerprint density at radius 1 is 1.09 bits per heavy atom. The Balaban J connectivity index is 0.000000338. The predicted molar refractivity (Wildman–Crippen MR) is 105 cm³/mol. The van der Waals surface area contributed by atoms with E-state index in [9.17, 15) is 0 Å². The molecule has 1 aromatic rings. The molecule has 3 rings (SSSR count). The van der Waals surface area contributed by atoms with Crippen LogP contribution in [-0.4, -0.2) is 47.6 Å². The van der Waals surface area contributed by atoms with Crippen LogP contribution in [0.1, 0.15) is 24.8 Å². The van der Waals surface area contributed by atoms with E-state index in [0.717, 1.165) is 6.54 Å². The van der Waals surface area contributed by atoms with E-state index in [1.165, 1.54) is 50.0 Å². The average molecular weight is 312 g/mol. The van der Waals surface area contributed by atoms with Gasteiger partial charge in [0.05, 0.1) is 26.1 Å². The van der Waals surface area contributed by atoms with Gasteiger partial charge in [-0.15, -0.1) is 0 Å². The van der Waals surface area contributed by atoms with Crippen LogP contribution in [0.15, 0.2) is 36.9 Å². The van der Waals surface area contributed by atoms with Gasteiger partial charge in [0.25, 0.3) is 0 Å². The third kappa shape index (κ3) is 5.89. The van der Waals surface area contributed by atoms with Gasteiger partial charge in [-0.05, 0) is 23.7 Å². The van der Waals surface area contributed by atoms with E-state index >= 15 is 0 Å². The van der Waals surface area contributed by atoms with E-state index in [2.05, 4.69) is 73.7 Å². The molecule has 1 aromatic carbocycles. The zero-order valence-corrected chi connectivity index (χ0v) is 15.5. The molecule has 0 saturated heterocycles. The molecule has 0 spiro atoms. The normalized spacial score (nSPS) is 17.5. The average Bonchev–Trinajstić information content (AvgIpc) is 2.96. The van der Waals surface area contributed by atoms with E-state index in [-0.39, 0.29) is 6.15 Å². The fourth-order valence-electron chi connectivity index (χ4n) is 3.06. The van der Waals surface area contributed by atoms with E-state index in [0.29, 0.717) is 0 Å². The van der Waals surface area contributed by atoms with Gasteiger partial charge in [-0.25, -0.2) is 0 Å². The monoisotopic (exact) mass is 312 g/mol. The van der Waals surface area contributed by atoms with Gasteiger partial charge >= 0.3 is 0 Å². The summed E-state index contributed by atoms with van der Waals surface area (Å²) in [5, 5.41) is 0. The lowest BCUT2D eigenvalue weighted by molar-refractivity contribution is -0.529. The molecule has 0 aliphatic carbocycles. The van der Waals surface area contributed by atoms with Gasteiger partial charge in [-0.3, -0.25) is 9.48 Å². The number of benzene rings is 1. The summed E-state index contributed by atoms with van der Waals surface area (Å²) in [6.07, 6.45) is 3.86. The van der Waals surface area contributed by atoms with Crippen molar-refractivity contribution in [1.82, 2.24) is 4.90 Å². The summed E-state index contributed by atoms with van der Waals surface area (Å²) in [7, 11) is 0. The van der Waals surface area contributed by atoms with Gasteiger partial charge in [0, 0.05) is 6.42 Å². The molecule has 2 aliphatic heterocycles. The molecule has 3 heteroatoms. The highest BCUT2D eigenvalue weighted by Gasteiger charge is 2.31. The van der Waals surface area contributed by atoms with Crippen molar-refractivity contribution in [1.29, 1.82) is 0 Å². The molecule has 126 valence electrons. The zero-order valence-electron chi connectivity index (χ0n) is 15.5. The summed E-state index contributed by atoms with van der Waals surface area (Å²) in [6, 6.07) is 10.6. The number of rotatable bonds is 3. The first-order chi connectivity index (χ1) is 10.8. The van der Waals surface area contributed by atoms with Gasteiger partial charge in [-0.2, -0.15) is 27.3 Å². The van der Waals surface area contributed by atoms with E-state index < -0.39 is 0 Å². The minimum atomic E-state index is 0. The number of hydrogen-bond donors (Lipinski definition) is 0. The van der Waals surface area contributed by atoms with Crippen molar-refractivity contribution in [2.45, 2.75) is 46.6 Å². The quantitative estimate of drug-likeness (QED) is 0.585. The predicted octanol–water partition coefficient (Wildman–Crippen LogP) is 4.56. The Hall–Kier alpha value is -1.51. The lowest BCUT2D eigenvalue weighted by atomic mass is 9.32. The summed E-state index contributed by atoms with van der Waals surface area (Å²) in [6.45, 7) is 17.9. The maximum atomic E-state index is 4.26. The van der Waals surface area contributed by atoms with Gasteiger partial charge in [0.1, 0.15) is 6.54 Å². The molecule has 2 heterocycles. The molecule has 0 bridgehead atoms. The second-order valence-electron chi connectivity index (χ2n) is 8.72. The molecule has 0 N–H and O–H groups in total. The first-order valence-electron chi connectivity index (χ1n) is 9.24. The molecule has 0 aromatic heterocycles. The van der Waals surface area contributed by atoms with Crippen molar-refractivity contribution in [3.05, 3.63) is 42.5 Å². The van der Waals surface area contributed by atoms with Crippen LogP contribution in [0, 0.1) is 0 Å². The van der Waals surface area contributed by atoms with Crippen molar-refractivity contribution >= 4 is 17.6 Å². The smallest absolute Gasteiger partial charge is 0.247 e. The van der Waals surface area contributed by atoms with Crippen molar-refractivity contribution in [2.75, 3.05) is 26.2 Å². The molecular weight excluding hydrogens is 279 g/mol. The zero-order chi connectivity index (χ0) is 16.9. The summed E-state index contributed by atoms with van der Waals surface area (Å²) >= 11 is 0. The Bertz CT molecular complexity index is 549. The summed E-state index contributed by atoms with van der Waals surface area (Å²) < 4.78 is 2.56. The maximum absolute atomic E-state index is 4.26. The van der Waals surface area contributed by atoms with Crippen LogP contribution < -0.4 is 0 Å². The van der Waals surface area contributed by atoms with Gasteiger partial charge in [0.15, 0.2) is 0 Å². The van der Waals surface area contributed by atoms with Crippen LogP contribution in [0.4, 0.5) is 0 Å². The maximum Gasteiger partial charge on any atom is 0.247 e. The molecule has 2 aliphatic rings. The van der Waals surface area contributed by atoms with E-state index in [4.69, 9.17) is 0 Å². The van der Waals surface area contributed by atoms with Crippen molar-refractivity contribution < 1.29 is 4.58 Å². The van der Waals surface area contributed by atoms with E-state index in [1.54, 1.807) is 5.84 Å². The first-order valence-corrected chi connectivity index (χ1v) is 9.24. The second-order valence-corrected chi connectivity index (χ2v) is 8.72. The third-order valence-corrected chi connectivity index (χ3v) is 3.98. The molecule has 23 heavy (non-hydrogen) atoms. The molecule has 0 unspecified atom stereocenters. The van der Waals surface area contributed by atoms with E-state index in [1.807, 2.05) is 0 Å². The molecule has 0 amide bonds. The van der Waals surface area contributed by atoms with Crippen molar-refractivity contribution in [3.63, 3.8) is 0 Å². The molecule has 0 radical (unpaired) electrons. The number of amidine groups is 1. The summed E-state index contributed by atoms with van der Waals surface area (Å²) in [4.78, 5) is 2.53. The Morgan fingerprint density at radius 3 is 2.35 bits per heavy atom. The van der Waals surface area contributed by atoms with Crippen LogP contribution in [0.3, 0.4) is 0 Å². The van der Waals surface area contributed by atoms with Crippen molar-refractivity contribution in [3.8, 4) is 0 Å². The van der Waals surface area contributed by atoms with Gasteiger partial charge in [-0.1, -0.05) is 36.9 Å². The fraction of sp³-hybridized carbons (Fsp3) is 0.550. The van der Waals surface area contributed by atoms with Crippen LogP contribution in [0.5, 0.6) is 0 Å². The van der Waals surface area contributed by atoms with Crippen LogP contribution in [-0.2, 0) is 0 Å². The van der Waals surface area contributed by atoms with Crippen LogP contribution >= 0.6 is 0 Å². The largest absolute Gasteiger partial charge is 0.266 e. The Labute approximate surface area is 142 Å². The highest BCUT2D eigenvalue weighted by molar-refractivity contribution is 6.74.